The molecule has 0 bridgehead atoms. The van der Waals surface area contributed by atoms with Crippen LogP contribution >= 0.6 is 0 Å². The molecule has 41 heavy (non-hydrogen) atoms. The first kappa shape index (κ1) is 30.1. The van der Waals surface area contributed by atoms with Crippen molar-refractivity contribution < 1.29 is 29.3 Å². The van der Waals surface area contributed by atoms with Crippen LogP contribution in [0.1, 0.15) is 70.9 Å². The number of carboxylic acid groups (broad SMARTS) is 1. The Kier molecular flexibility index (Phi) is 8.78. The molecule has 0 aromatic heterocycles. The normalized spacial score (nSPS) is 13.9. The van der Waals surface area contributed by atoms with E-state index >= 15 is 0 Å². The second kappa shape index (κ2) is 12.0. The fraction of sp³-hybridized carbons (Fsp3) is 0.412. The smallest absolute Gasteiger partial charge is 0.307 e. The van der Waals surface area contributed by atoms with E-state index in [2.05, 4.69) is 13.0 Å². The largest absolute Gasteiger partial charge is 0.496 e. The zero-order chi connectivity index (χ0) is 30.1. The molecular formula is C34H41NO6. The van der Waals surface area contributed by atoms with Gasteiger partial charge in [0.15, 0.2) is 0 Å². The van der Waals surface area contributed by atoms with Gasteiger partial charge in [-0.2, -0.15) is 0 Å². The first-order valence-electron chi connectivity index (χ1n) is 14.1. The molecule has 7 heteroatoms. The van der Waals surface area contributed by atoms with E-state index in [0.29, 0.717) is 18.5 Å². The summed E-state index contributed by atoms with van der Waals surface area (Å²) in [5, 5.41) is 18.3. The van der Waals surface area contributed by atoms with Gasteiger partial charge >= 0.3 is 5.97 Å². The van der Waals surface area contributed by atoms with Crippen LogP contribution < -0.4 is 14.4 Å². The molecule has 0 radical (unpaired) electrons. The minimum absolute atomic E-state index is 0.0624. The number of ether oxygens (including phenoxy) is 2. The Morgan fingerprint density at radius 3 is 2.34 bits per heavy atom. The Morgan fingerprint density at radius 2 is 1.71 bits per heavy atom. The van der Waals surface area contributed by atoms with Crippen LogP contribution in [-0.2, 0) is 24.1 Å². The van der Waals surface area contributed by atoms with Gasteiger partial charge in [0, 0.05) is 17.8 Å². The van der Waals surface area contributed by atoms with Gasteiger partial charge in [0.2, 0.25) is 0 Å². The number of hydrogen-bond acceptors (Lipinski definition) is 5. The van der Waals surface area contributed by atoms with Gasteiger partial charge in [-0.25, -0.2) is 0 Å². The summed E-state index contributed by atoms with van der Waals surface area (Å²) in [7, 11) is 1.62. The molecule has 218 valence electrons. The van der Waals surface area contributed by atoms with Crippen molar-refractivity contribution in [3.8, 4) is 22.6 Å². The summed E-state index contributed by atoms with van der Waals surface area (Å²) in [4.78, 5) is 27.3. The molecule has 0 atom stereocenters. The number of aryl methyl sites for hydroxylation is 2. The monoisotopic (exact) mass is 559 g/mol. The number of carbonyl (C=O) groups excluding carboxylic acids is 1. The van der Waals surface area contributed by atoms with Crippen molar-refractivity contribution in [3.63, 3.8) is 0 Å². The molecule has 0 saturated carbocycles. The van der Waals surface area contributed by atoms with Gasteiger partial charge in [-0.15, -0.1) is 0 Å². The number of fused-ring (bicyclic) bond motifs is 2. The lowest BCUT2D eigenvalue weighted by molar-refractivity contribution is -0.136. The summed E-state index contributed by atoms with van der Waals surface area (Å²) >= 11 is 0. The number of methoxy groups -OCH3 is 1. The SMILES string of the molecule is CC(C)(C)O.COc1ccc(C(=O)N2CCc3c2cc(C)c(CC(=O)O)c3-c2ccc3c(c2C)CCCO3)cc1C. The van der Waals surface area contributed by atoms with Crippen LogP contribution in [0.3, 0.4) is 0 Å². The van der Waals surface area contributed by atoms with Crippen molar-refractivity contribution in [1.82, 2.24) is 0 Å². The van der Waals surface area contributed by atoms with Gasteiger partial charge < -0.3 is 24.6 Å². The topological polar surface area (TPSA) is 96.3 Å². The van der Waals surface area contributed by atoms with Gasteiger partial charge in [-0.1, -0.05) is 6.07 Å². The molecule has 0 unspecified atom stereocenters. The summed E-state index contributed by atoms with van der Waals surface area (Å²) in [5.74, 6) is 0.735. The number of nitrogens with zero attached hydrogens (tertiary/aromatic N) is 1. The Morgan fingerprint density at radius 1 is 1.00 bits per heavy atom. The maximum atomic E-state index is 13.6. The highest BCUT2D eigenvalue weighted by atomic mass is 16.5. The van der Waals surface area contributed by atoms with E-state index in [9.17, 15) is 14.7 Å². The number of benzene rings is 3. The van der Waals surface area contributed by atoms with E-state index in [1.807, 2.05) is 43.0 Å². The van der Waals surface area contributed by atoms with Gasteiger partial charge in [0.05, 0.1) is 25.7 Å². The number of amides is 1. The Balaban J connectivity index is 0.000000714. The van der Waals surface area contributed by atoms with Crippen LogP contribution in [0.2, 0.25) is 0 Å². The molecule has 7 nitrogen and oxygen atoms in total. The van der Waals surface area contributed by atoms with Gasteiger partial charge in [-0.3, -0.25) is 9.59 Å². The number of aliphatic carboxylic acids is 1. The highest BCUT2D eigenvalue weighted by Gasteiger charge is 2.32. The number of rotatable bonds is 5. The number of hydrogen-bond donors (Lipinski definition) is 2. The molecule has 0 spiro atoms. The molecule has 2 aliphatic rings. The van der Waals surface area contributed by atoms with E-state index < -0.39 is 11.6 Å². The van der Waals surface area contributed by atoms with E-state index in [1.54, 1.807) is 33.9 Å². The third-order valence-corrected chi connectivity index (χ3v) is 7.49. The van der Waals surface area contributed by atoms with E-state index in [4.69, 9.17) is 14.6 Å². The number of aliphatic hydroxyl groups is 1. The molecule has 2 aliphatic heterocycles. The first-order chi connectivity index (χ1) is 19.3. The maximum absolute atomic E-state index is 13.6. The average molecular weight is 560 g/mol. The number of anilines is 1. The van der Waals surface area contributed by atoms with Crippen LogP contribution in [0.15, 0.2) is 36.4 Å². The average Bonchev–Trinajstić information content (AvgIpc) is 3.31. The molecule has 0 fully saturated rings. The predicted molar refractivity (Wildman–Crippen MR) is 162 cm³/mol. The molecule has 2 heterocycles. The van der Waals surface area contributed by atoms with Crippen molar-refractivity contribution in [2.24, 2.45) is 0 Å². The zero-order valence-corrected chi connectivity index (χ0v) is 25.2. The molecule has 3 aromatic rings. The molecule has 0 saturated heterocycles. The minimum atomic E-state index is -0.863. The van der Waals surface area contributed by atoms with E-state index in [-0.39, 0.29) is 12.3 Å². The van der Waals surface area contributed by atoms with Crippen LogP contribution in [0.25, 0.3) is 11.1 Å². The summed E-state index contributed by atoms with van der Waals surface area (Å²) in [5.41, 5.74) is 8.92. The van der Waals surface area contributed by atoms with Crippen LogP contribution in [0, 0.1) is 20.8 Å². The summed E-state index contributed by atoms with van der Waals surface area (Å²) in [6.45, 7) is 12.5. The van der Waals surface area contributed by atoms with Crippen LogP contribution in [0.5, 0.6) is 11.5 Å². The second-order valence-corrected chi connectivity index (χ2v) is 11.8. The lowest BCUT2D eigenvalue weighted by Gasteiger charge is -2.25. The second-order valence-electron chi connectivity index (χ2n) is 11.8. The molecule has 0 aliphatic carbocycles. The standard InChI is InChI=1S/C30H31NO5.C4H10O/c1-17-15-25-23(11-12-31(25)30(34)20-7-9-26(35-4)18(2)14-20)29(24(17)16-28(32)33)22-8-10-27-21(19(22)3)6-5-13-36-27;1-4(2,3)5/h7-10,14-15H,5-6,11-13,16H2,1-4H3,(H,32,33);5H,1-3H3. The summed E-state index contributed by atoms with van der Waals surface area (Å²) in [6.07, 6.45) is 2.52. The Bertz CT molecular complexity index is 1480. The minimum Gasteiger partial charge on any atom is -0.496 e. The third kappa shape index (κ3) is 6.57. The summed E-state index contributed by atoms with van der Waals surface area (Å²) in [6, 6.07) is 11.5. The fourth-order valence-corrected chi connectivity index (χ4v) is 5.69. The van der Waals surface area contributed by atoms with E-state index in [0.717, 1.165) is 75.6 Å². The van der Waals surface area contributed by atoms with Gasteiger partial charge in [-0.05, 0) is 136 Å². The summed E-state index contributed by atoms with van der Waals surface area (Å²) < 4.78 is 11.2. The quantitative estimate of drug-likeness (QED) is 0.385. The van der Waals surface area contributed by atoms with Crippen LogP contribution in [-0.4, -0.2) is 48.0 Å². The molecule has 1 amide bonds. The van der Waals surface area contributed by atoms with Gasteiger partial charge in [0.25, 0.3) is 5.91 Å². The number of carboxylic acids is 1. The van der Waals surface area contributed by atoms with E-state index in [1.165, 1.54) is 5.56 Å². The molecule has 2 N–H and O–H groups in total. The first-order valence-corrected chi connectivity index (χ1v) is 14.1. The zero-order valence-electron chi connectivity index (χ0n) is 25.2. The fourth-order valence-electron chi connectivity index (χ4n) is 5.69. The highest BCUT2D eigenvalue weighted by molar-refractivity contribution is 6.08. The predicted octanol–water partition coefficient (Wildman–Crippen LogP) is 6.22. The Hall–Kier alpha value is -3.84. The third-order valence-electron chi connectivity index (χ3n) is 7.49. The molecular weight excluding hydrogens is 518 g/mol. The number of carbonyl (C=O) groups is 2. The van der Waals surface area contributed by atoms with Crippen molar-refractivity contribution in [1.29, 1.82) is 0 Å². The van der Waals surface area contributed by atoms with Crippen molar-refractivity contribution >= 4 is 17.6 Å². The molecule has 3 aromatic carbocycles. The van der Waals surface area contributed by atoms with Crippen molar-refractivity contribution in [2.45, 2.75) is 72.8 Å². The maximum Gasteiger partial charge on any atom is 0.307 e. The highest BCUT2D eigenvalue weighted by Crippen LogP contribution is 2.44. The lowest BCUT2D eigenvalue weighted by atomic mass is 9.84. The lowest BCUT2D eigenvalue weighted by Crippen LogP contribution is -2.29. The van der Waals surface area contributed by atoms with Crippen LogP contribution in [0.4, 0.5) is 5.69 Å². The van der Waals surface area contributed by atoms with Crippen molar-refractivity contribution in [3.05, 3.63) is 75.3 Å². The molecule has 5 rings (SSSR count). The van der Waals surface area contributed by atoms with Crippen molar-refractivity contribution in [2.75, 3.05) is 25.2 Å². The Labute approximate surface area is 242 Å². The van der Waals surface area contributed by atoms with Gasteiger partial charge in [0.1, 0.15) is 11.5 Å².